The van der Waals surface area contributed by atoms with Crippen LogP contribution >= 0.6 is 22.6 Å². The minimum absolute atomic E-state index is 0.0702. The summed E-state index contributed by atoms with van der Waals surface area (Å²) in [6, 6.07) is 11.3. The summed E-state index contributed by atoms with van der Waals surface area (Å²) in [7, 11) is 4.92. The van der Waals surface area contributed by atoms with Gasteiger partial charge < -0.3 is 19.1 Å². The van der Waals surface area contributed by atoms with E-state index >= 15 is 0 Å². The van der Waals surface area contributed by atoms with Gasteiger partial charge in [-0.2, -0.15) is 0 Å². The minimum Gasteiger partial charge on any atom is -0.494 e. The van der Waals surface area contributed by atoms with Gasteiger partial charge in [-0.1, -0.05) is 12.1 Å². The first kappa shape index (κ1) is 19.4. The van der Waals surface area contributed by atoms with Crippen molar-refractivity contribution in [2.45, 2.75) is 13.5 Å². The first-order valence-corrected chi connectivity index (χ1v) is 8.96. The monoisotopic (exact) mass is 455 g/mol. The summed E-state index contributed by atoms with van der Waals surface area (Å²) >= 11 is 2.14. The van der Waals surface area contributed by atoms with E-state index in [2.05, 4.69) is 22.6 Å². The maximum Gasteiger partial charge on any atom is 0.255 e. The lowest BCUT2D eigenvalue weighted by Crippen LogP contribution is -2.27. The van der Waals surface area contributed by atoms with Crippen LogP contribution in [0.5, 0.6) is 17.2 Å². The largest absolute Gasteiger partial charge is 0.494 e. The van der Waals surface area contributed by atoms with Crippen LogP contribution in [0.4, 0.5) is 0 Å². The van der Waals surface area contributed by atoms with Gasteiger partial charge in [-0.3, -0.25) is 4.79 Å². The summed E-state index contributed by atoms with van der Waals surface area (Å²) in [5.41, 5.74) is 1.63. The zero-order chi connectivity index (χ0) is 18.4. The molecule has 0 radical (unpaired) electrons. The molecule has 0 aliphatic carbocycles. The molecule has 0 saturated heterocycles. The highest BCUT2D eigenvalue weighted by molar-refractivity contribution is 14.1. The first-order valence-electron chi connectivity index (χ1n) is 7.88. The fourth-order valence-corrected chi connectivity index (χ4v) is 3.10. The lowest BCUT2D eigenvalue weighted by molar-refractivity contribution is 0.0783. The highest BCUT2D eigenvalue weighted by atomic mass is 127. The van der Waals surface area contributed by atoms with Gasteiger partial charge >= 0.3 is 0 Å². The number of halogens is 1. The number of amides is 1. The normalized spacial score (nSPS) is 10.3. The Morgan fingerprint density at radius 1 is 1.08 bits per heavy atom. The van der Waals surface area contributed by atoms with Crippen LogP contribution in [0.15, 0.2) is 36.4 Å². The molecule has 2 aromatic carbocycles. The molecule has 0 aromatic heterocycles. The fraction of sp³-hybridized carbons (Fsp3) is 0.316. The fourth-order valence-electron chi connectivity index (χ4n) is 2.43. The number of carbonyl (C=O) groups is 1. The second-order valence-corrected chi connectivity index (χ2v) is 6.59. The van der Waals surface area contributed by atoms with E-state index in [4.69, 9.17) is 14.2 Å². The molecule has 0 unspecified atom stereocenters. The quantitative estimate of drug-likeness (QED) is 0.593. The molecule has 1 amide bonds. The van der Waals surface area contributed by atoms with E-state index in [0.29, 0.717) is 30.2 Å². The molecular weight excluding hydrogens is 433 g/mol. The van der Waals surface area contributed by atoms with Crippen LogP contribution in [0.3, 0.4) is 0 Å². The van der Waals surface area contributed by atoms with Crippen molar-refractivity contribution in [1.82, 2.24) is 4.90 Å². The zero-order valence-electron chi connectivity index (χ0n) is 14.8. The lowest BCUT2D eigenvalue weighted by atomic mass is 10.1. The molecule has 0 heterocycles. The van der Waals surface area contributed by atoms with E-state index < -0.39 is 0 Å². The average molecular weight is 455 g/mol. The molecule has 25 heavy (non-hydrogen) atoms. The summed E-state index contributed by atoms with van der Waals surface area (Å²) in [5.74, 6) is 1.91. The second kappa shape index (κ2) is 8.94. The molecule has 5 nitrogen and oxygen atoms in total. The zero-order valence-corrected chi connectivity index (χ0v) is 17.0. The molecule has 2 aromatic rings. The van der Waals surface area contributed by atoms with Crippen molar-refractivity contribution < 1.29 is 19.0 Å². The first-order chi connectivity index (χ1) is 12.0. The summed E-state index contributed by atoms with van der Waals surface area (Å²) < 4.78 is 16.8. The van der Waals surface area contributed by atoms with Crippen molar-refractivity contribution in [3.63, 3.8) is 0 Å². The van der Waals surface area contributed by atoms with Crippen molar-refractivity contribution in [3.05, 3.63) is 51.1 Å². The van der Waals surface area contributed by atoms with Gasteiger partial charge in [-0.15, -0.1) is 0 Å². The van der Waals surface area contributed by atoms with Crippen LogP contribution in [0.25, 0.3) is 0 Å². The molecule has 0 fully saturated rings. The van der Waals surface area contributed by atoms with Crippen LogP contribution < -0.4 is 14.2 Å². The van der Waals surface area contributed by atoms with E-state index in [9.17, 15) is 4.79 Å². The van der Waals surface area contributed by atoms with Crippen LogP contribution in [0, 0.1) is 3.57 Å². The molecule has 0 aliphatic heterocycles. The highest BCUT2D eigenvalue weighted by Gasteiger charge is 2.19. The van der Waals surface area contributed by atoms with Gasteiger partial charge in [0.25, 0.3) is 5.91 Å². The van der Waals surface area contributed by atoms with Gasteiger partial charge in [0, 0.05) is 17.2 Å². The number of rotatable bonds is 7. The third kappa shape index (κ3) is 4.78. The summed E-state index contributed by atoms with van der Waals surface area (Å²) in [6.45, 7) is 3.09. The van der Waals surface area contributed by atoms with E-state index in [1.165, 1.54) is 0 Å². The summed E-state index contributed by atoms with van der Waals surface area (Å²) in [6.07, 6.45) is 0. The predicted octanol–water partition coefficient (Wildman–Crippen LogP) is 3.98. The van der Waals surface area contributed by atoms with Crippen molar-refractivity contribution in [3.8, 4) is 17.2 Å². The Kier molecular flexibility index (Phi) is 6.92. The predicted molar refractivity (Wildman–Crippen MR) is 106 cm³/mol. The molecule has 134 valence electrons. The molecule has 0 aliphatic rings. The van der Waals surface area contributed by atoms with Crippen LogP contribution in [0.1, 0.15) is 22.8 Å². The number of nitrogens with zero attached hydrogens (tertiary/aromatic N) is 1. The molecule has 0 atom stereocenters. The Balaban J connectivity index is 2.16. The third-order valence-electron chi connectivity index (χ3n) is 3.70. The lowest BCUT2D eigenvalue weighted by Gasteiger charge is -2.19. The van der Waals surface area contributed by atoms with E-state index in [-0.39, 0.29) is 5.91 Å². The molecule has 6 heteroatoms. The molecule has 0 saturated carbocycles. The van der Waals surface area contributed by atoms with Crippen molar-refractivity contribution in [2.24, 2.45) is 0 Å². The van der Waals surface area contributed by atoms with Crippen LogP contribution in [0.2, 0.25) is 0 Å². The van der Waals surface area contributed by atoms with Crippen LogP contribution in [-0.2, 0) is 6.54 Å². The number of carbonyl (C=O) groups excluding carboxylic acids is 1. The topological polar surface area (TPSA) is 48.0 Å². The van der Waals surface area contributed by atoms with E-state index in [1.807, 2.05) is 31.2 Å². The van der Waals surface area contributed by atoms with Crippen molar-refractivity contribution in [1.29, 1.82) is 0 Å². The standard InChI is InChI=1S/C19H22INO4/c1-5-25-14-8-6-13(7-9-14)12-21(2)19(22)15-10-17(23-3)18(24-4)11-16(15)20/h6-11H,5,12H2,1-4H3. The number of benzene rings is 2. The number of ether oxygens (including phenoxy) is 3. The van der Waals surface area contributed by atoms with Gasteiger partial charge in [0.05, 0.1) is 26.4 Å². The van der Waals surface area contributed by atoms with Crippen molar-refractivity contribution >= 4 is 28.5 Å². The molecular formula is C19H22INO4. The van der Waals surface area contributed by atoms with Crippen molar-refractivity contribution in [2.75, 3.05) is 27.9 Å². The van der Waals surface area contributed by atoms with E-state index in [0.717, 1.165) is 14.9 Å². The summed E-state index contributed by atoms with van der Waals surface area (Å²) in [4.78, 5) is 14.5. The van der Waals surface area contributed by atoms with Gasteiger partial charge in [0.1, 0.15) is 5.75 Å². The Morgan fingerprint density at radius 3 is 2.24 bits per heavy atom. The third-order valence-corrected chi connectivity index (χ3v) is 4.60. The Morgan fingerprint density at radius 2 is 1.68 bits per heavy atom. The van der Waals surface area contributed by atoms with Gasteiger partial charge in [-0.05, 0) is 59.3 Å². The van der Waals surface area contributed by atoms with Crippen LogP contribution in [-0.4, -0.2) is 38.7 Å². The Labute approximate surface area is 162 Å². The second-order valence-electron chi connectivity index (χ2n) is 5.43. The maximum atomic E-state index is 12.8. The summed E-state index contributed by atoms with van der Waals surface area (Å²) in [5, 5.41) is 0. The number of hydrogen-bond donors (Lipinski definition) is 0. The Bertz CT molecular complexity index is 731. The Hall–Kier alpha value is -1.96. The van der Waals surface area contributed by atoms with Gasteiger partial charge in [-0.25, -0.2) is 0 Å². The highest BCUT2D eigenvalue weighted by Crippen LogP contribution is 2.32. The van der Waals surface area contributed by atoms with Gasteiger partial charge in [0.2, 0.25) is 0 Å². The van der Waals surface area contributed by atoms with Gasteiger partial charge in [0.15, 0.2) is 11.5 Å². The number of hydrogen-bond acceptors (Lipinski definition) is 4. The number of methoxy groups -OCH3 is 2. The molecule has 0 spiro atoms. The molecule has 0 bridgehead atoms. The SMILES string of the molecule is CCOc1ccc(CN(C)C(=O)c2cc(OC)c(OC)cc2I)cc1. The maximum absolute atomic E-state index is 12.8. The molecule has 0 N–H and O–H groups in total. The molecule has 2 rings (SSSR count). The minimum atomic E-state index is -0.0702. The average Bonchev–Trinajstić information content (AvgIpc) is 2.62. The smallest absolute Gasteiger partial charge is 0.255 e. The van der Waals surface area contributed by atoms with E-state index in [1.54, 1.807) is 38.3 Å².